The highest BCUT2D eigenvalue weighted by molar-refractivity contribution is 9.10. The van der Waals surface area contributed by atoms with Crippen LogP contribution in [0.15, 0.2) is 95.5 Å². The Morgan fingerprint density at radius 3 is 2.20 bits per heavy atom. The number of fused-ring (bicyclic) bond motifs is 3. The Bertz CT molecular complexity index is 1450. The topological polar surface area (TPSA) is 62.5 Å². The van der Waals surface area contributed by atoms with Gasteiger partial charge in [-0.25, -0.2) is 0 Å². The molecule has 0 radical (unpaired) electrons. The summed E-state index contributed by atoms with van der Waals surface area (Å²) in [4.78, 5) is 18.9. The summed E-state index contributed by atoms with van der Waals surface area (Å²) in [6, 6.07) is 29.2. The molecule has 30 heavy (non-hydrogen) atoms. The smallest absolute Gasteiger partial charge is 0.321 e. The molecule has 0 unspecified atom stereocenters. The average Bonchev–Trinajstić information content (AvgIpc) is 3.07. The van der Waals surface area contributed by atoms with Gasteiger partial charge in [-0.2, -0.15) is 0 Å². The fourth-order valence-electron chi connectivity index (χ4n) is 3.89. The van der Waals surface area contributed by atoms with E-state index >= 15 is 0 Å². The first-order valence-electron chi connectivity index (χ1n) is 9.37. The molecule has 0 atom stereocenters. The Morgan fingerprint density at radius 1 is 0.700 bits per heavy atom. The van der Waals surface area contributed by atoms with E-state index in [1.165, 1.54) is 16.8 Å². The standard InChI is InChI=1S/C24H17BrNO3P/c25-18-10-13-22-21-6-1-2-7-23(21)26(24(22)15-18)19-11-8-16(9-12-19)17-4-3-5-20(14-17)30(27,28)29/h1-15H,(H2,27,28,29). The van der Waals surface area contributed by atoms with Gasteiger partial charge in [0.05, 0.1) is 16.3 Å². The first kappa shape index (κ1) is 19.3. The fourth-order valence-corrected chi connectivity index (χ4v) is 4.83. The third-order valence-electron chi connectivity index (χ3n) is 5.28. The van der Waals surface area contributed by atoms with Gasteiger partial charge in [-0.3, -0.25) is 4.57 Å². The van der Waals surface area contributed by atoms with Crippen LogP contribution in [0.2, 0.25) is 0 Å². The monoisotopic (exact) mass is 477 g/mol. The largest absolute Gasteiger partial charge is 0.356 e. The normalized spacial score (nSPS) is 12.0. The Balaban J connectivity index is 1.66. The lowest BCUT2D eigenvalue weighted by Gasteiger charge is -2.10. The van der Waals surface area contributed by atoms with Gasteiger partial charge in [0.1, 0.15) is 0 Å². The van der Waals surface area contributed by atoms with Gasteiger partial charge in [0.15, 0.2) is 0 Å². The summed E-state index contributed by atoms with van der Waals surface area (Å²) in [6.45, 7) is 0. The molecule has 0 aliphatic heterocycles. The first-order valence-corrected chi connectivity index (χ1v) is 11.8. The second-order valence-corrected chi connectivity index (χ2v) is 9.68. The molecule has 0 aliphatic carbocycles. The maximum atomic E-state index is 11.6. The van der Waals surface area contributed by atoms with Gasteiger partial charge in [-0.15, -0.1) is 0 Å². The Labute approximate surface area is 181 Å². The summed E-state index contributed by atoms with van der Waals surface area (Å²) in [5.74, 6) is 0. The van der Waals surface area contributed by atoms with E-state index in [1.54, 1.807) is 12.1 Å². The molecule has 1 aromatic heterocycles. The SMILES string of the molecule is O=P(O)(O)c1cccc(-c2ccc(-n3c4ccccc4c4ccc(Br)cc43)cc2)c1. The third-order valence-corrected chi connectivity index (χ3v) is 6.72. The zero-order valence-corrected chi connectivity index (χ0v) is 18.2. The molecular formula is C24H17BrNO3P. The lowest BCUT2D eigenvalue weighted by atomic mass is 10.1. The zero-order valence-electron chi connectivity index (χ0n) is 15.7. The molecule has 4 nitrogen and oxygen atoms in total. The number of para-hydroxylation sites is 1. The van der Waals surface area contributed by atoms with Crippen molar-refractivity contribution in [3.63, 3.8) is 0 Å². The Morgan fingerprint density at radius 2 is 1.43 bits per heavy atom. The molecule has 4 aromatic carbocycles. The van der Waals surface area contributed by atoms with E-state index in [1.807, 2.05) is 42.5 Å². The molecule has 0 fully saturated rings. The Hall–Kier alpha value is -2.69. The van der Waals surface area contributed by atoms with Gasteiger partial charge in [0.25, 0.3) is 0 Å². The van der Waals surface area contributed by atoms with Crippen LogP contribution in [0.1, 0.15) is 0 Å². The number of benzene rings is 4. The molecule has 1 heterocycles. The minimum atomic E-state index is -4.28. The molecule has 148 valence electrons. The summed E-state index contributed by atoms with van der Waals surface area (Å²) in [5.41, 5.74) is 4.93. The summed E-state index contributed by atoms with van der Waals surface area (Å²) in [6.07, 6.45) is 0. The van der Waals surface area contributed by atoms with Crippen LogP contribution in [0.5, 0.6) is 0 Å². The number of aromatic nitrogens is 1. The summed E-state index contributed by atoms with van der Waals surface area (Å²) < 4.78 is 14.8. The van der Waals surface area contributed by atoms with Crippen LogP contribution in [0.3, 0.4) is 0 Å². The highest BCUT2D eigenvalue weighted by Gasteiger charge is 2.17. The van der Waals surface area contributed by atoms with Crippen molar-refractivity contribution in [1.82, 2.24) is 4.57 Å². The molecular weight excluding hydrogens is 461 g/mol. The van der Waals surface area contributed by atoms with E-state index < -0.39 is 7.60 Å². The van der Waals surface area contributed by atoms with Crippen LogP contribution in [0.25, 0.3) is 38.6 Å². The van der Waals surface area contributed by atoms with Crippen molar-refractivity contribution >= 4 is 50.6 Å². The lowest BCUT2D eigenvalue weighted by molar-refractivity contribution is 0.387. The van der Waals surface area contributed by atoms with Crippen molar-refractivity contribution in [2.24, 2.45) is 0 Å². The maximum Gasteiger partial charge on any atom is 0.356 e. The average molecular weight is 478 g/mol. The van der Waals surface area contributed by atoms with Gasteiger partial charge < -0.3 is 14.4 Å². The van der Waals surface area contributed by atoms with Crippen molar-refractivity contribution in [3.8, 4) is 16.8 Å². The van der Waals surface area contributed by atoms with E-state index in [-0.39, 0.29) is 5.30 Å². The van der Waals surface area contributed by atoms with Gasteiger partial charge in [0, 0.05) is 20.9 Å². The molecule has 0 spiro atoms. The summed E-state index contributed by atoms with van der Waals surface area (Å²) in [5, 5.41) is 2.40. The van der Waals surface area contributed by atoms with Crippen LogP contribution in [0, 0.1) is 0 Å². The number of halogens is 1. The van der Waals surface area contributed by atoms with E-state index in [0.29, 0.717) is 0 Å². The van der Waals surface area contributed by atoms with Crippen molar-refractivity contribution < 1.29 is 14.4 Å². The lowest BCUT2D eigenvalue weighted by Crippen LogP contribution is -2.03. The van der Waals surface area contributed by atoms with Gasteiger partial charge in [-0.1, -0.05) is 64.5 Å². The van der Waals surface area contributed by atoms with Crippen molar-refractivity contribution in [1.29, 1.82) is 0 Å². The van der Waals surface area contributed by atoms with Crippen LogP contribution in [-0.4, -0.2) is 14.4 Å². The molecule has 0 saturated heterocycles. The molecule has 0 saturated carbocycles. The molecule has 0 aliphatic rings. The van der Waals surface area contributed by atoms with Crippen LogP contribution >= 0.6 is 23.5 Å². The van der Waals surface area contributed by atoms with Crippen LogP contribution in [0.4, 0.5) is 0 Å². The molecule has 6 heteroatoms. The van der Waals surface area contributed by atoms with E-state index in [2.05, 4.69) is 50.8 Å². The fraction of sp³-hybridized carbons (Fsp3) is 0. The number of rotatable bonds is 3. The molecule has 0 bridgehead atoms. The zero-order chi connectivity index (χ0) is 20.9. The van der Waals surface area contributed by atoms with Crippen molar-refractivity contribution in [2.45, 2.75) is 0 Å². The predicted octanol–water partition coefficient (Wildman–Crippen LogP) is 6.02. The summed E-state index contributed by atoms with van der Waals surface area (Å²) >= 11 is 3.58. The third kappa shape index (κ3) is 3.30. The molecule has 5 aromatic rings. The predicted molar refractivity (Wildman–Crippen MR) is 126 cm³/mol. The number of hydrogen-bond acceptors (Lipinski definition) is 1. The van der Waals surface area contributed by atoms with Gasteiger partial charge >= 0.3 is 7.60 Å². The maximum absolute atomic E-state index is 11.6. The van der Waals surface area contributed by atoms with E-state index in [0.717, 1.165) is 32.3 Å². The van der Waals surface area contributed by atoms with Gasteiger partial charge in [0.2, 0.25) is 0 Å². The van der Waals surface area contributed by atoms with E-state index in [9.17, 15) is 14.4 Å². The first-order chi connectivity index (χ1) is 14.4. The highest BCUT2D eigenvalue weighted by atomic mass is 79.9. The van der Waals surface area contributed by atoms with Gasteiger partial charge in [-0.05, 0) is 53.6 Å². The highest BCUT2D eigenvalue weighted by Crippen LogP contribution is 2.36. The molecule has 0 amide bonds. The van der Waals surface area contributed by atoms with Crippen molar-refractivity contribution in [3.05, 3.63) is 95.5 Å². The second kappa shape index (κ2) is 7.22. The van der Waals surface area contributed by atoms with Crippen LogP contribution in [-0.2, 0) is 4.57 Å². The van der Waals surface area contributed by atoms with Crippen molar-refractivity contribution in [2.75, 3.05) is 0 Å². The summed E-state index contributed by atoms with van der Waals surface area (Å²) in [7, 11) is -4.28. The quantitative estimate of drug-likeness (QED) is 0.312. The minimum Gasteiger partial charge on any atom is -0.321 e. The number of hydrogen-bond donors (Lipinski definition) is 2. The molecule has 5 rings (SSSR count). The number of nitrogens with zero attached hydrogens (tertiary/aromatic N) is 1. The van der Waals surface area contributed by atoms with Crippen LogP contribution < -0.4 is 5.30 Å². The Kier molecular flexibility index (Phi) is 4.64. The second-order valence-electron chi connectivity index (χ2n) is 7.16. The van der Waals surface area contributed by atoms with E-state index in [4.69, 9.17) is 0 Å². The molecule has 2 N–H and O–H groups in total. The minimum absolute atomic E-state index is 0.0244.